The van der Waals surface area contributed by atoms with Crippen LogP contribution in [0.5, 0.6) is 0 Å². The van der Waals surface area contributed by atoms with Crippen molar-refractivity contribution >= 4 is 11.9 Å². The highest BCUT2D eigenvalue weighted by molar-refractivity contribution is 5.70. The zero-order valence-corrected chi connectivity index (χ0v) is 33.3. The standard InChI is InChI=1S/C43H76O10/c1-3-5-7-9-11-13-15-17-18-20-21-23-25-27-29-31-38(45)50-34-36(35-51-43-42(49)41(48)40(47)37(33-44)53-43)52-39(46)32-30-28-26-24-22-19-16-14-12-10-8-6-4-2/h11,13-14,16-18,36-37,40-44,47-49H,3-10,12,15,19-35H2,1-2H3/b13-11+,16-14+,18-17+/t36-,37-,40+,41?,42?,43-/m0/s1. The van der Waals surface area contributed by atoms with E-state index in [-0.39, 0.29) is 26.1 Å². The molecule has 6 atom stereocenters. The molecule has 0 saturated carbocycles. The van der Waals surface area contributed by atoms with Crippen LogP contribution in [0.15, 0.2) is 36.5 Å². The summed E-state index contributed by atoms with van der Waals surface area (Å²) in [5.74, 6) is -0.834. The van der Waals surface area contributed by atoms with Crippen molar-refractivity contribution in [1.82, 2.24) is 0 Å². The normalized spacial score (nSPS) is 21.2. The lowest BCUT2D eigenvalue weighted by Crippen LogP contribution is -2.59. The first-order valence-electron chi connectivity index (χ1n) is 21.1. The Kier molecular flexibility index (Phi) is 31.8. The van der Waals surface area contributed by atoms with Gasteiger partial charge in [0.15, 0.2) is 12.4 Å². The molecule has 10 heteroatoms. The van der Waals surface area contributed by atoms with E-state index in [9.17, 15) is 30.0 Å². The first kappa shape index (κ1) is 48.9. The van der Waals surface area contributed by atoms with Gasteiger partial charge in [0.25, 0.3) is 0 Å². The number of esters is 2. The number of unbranched alkanes of at least 4 members (excludes halogenated alkanes) is 17. The molecule has 0 radical (unpaired) electrons. The van der Waals surface area contributed by atoms with Gasteiger partial charge in [-0.1, -0.05) is 121 Å². The van der Waals surface area contributed by atoms with Gasteiger partial charge in [-0.15, -0.1) is 0 Å². The van der Waals surface area contributed by atoms with Gasteiger partial charge >= 0.3 is 11.9 Å². The van der Waals surface area contributed by atoms with Crippen LogP contribution in [0.2, 0.25) is 0 Å². The number of hydrogen-bond acceptors (Lipinski definition) is 10. The molecule has 4 N–H and O–H groups in total. The Hall–Kier alpha value is -2.08. The Morgan fingerprint density at radius 1 is 0.585 bits per heavy atom. The molecule has 0 aromatic heterocycles. The van der Waals surface area contributed by atoms with Crippen molar-refractivity contribution < 1.29 is 49.0 Å². The van der Waals surface area contributed by atoms with Crippen LogP contribution in [-0.2, 0) is 28.5 Å². The van der Waals surface area contributed by atoms with Crippen molar-refractivity contribution in [2.75, 3.05) is 19.8 Å². The van der Waals surface area contributed by atoms with E-state index in [1.165, 1.54) is 51.4 Å². The molecule has 0 aromatic rings. The molecule has 1 saturated heterocycles. The minimum Gasteiger partial charge on any atom is -0.462 e. The van der Waals surface area contributed by atoms with E-state index < -0.39 is 55.4 Å². The van der Waals surface area contributed by atoms with Crippen LogP contribution in [0.4, 0.5) is 0 Å². The average molecular weight is 753 g/mol. The van der Waals surface area contributed by atoms with Crippen LogP contribution >= 0.6 is 0 Å². The average Bonchev–Trinajstić information content (AvgIpc) is 3.15. The van der Waals surface area contributed by atoms with Crippen LogP contribution in [0, 0.1) is 0 Å². The molecule has 1 aliphatic heterocycles. The van der Waals surface area contributed by atoms with Gasteiger partial charge in [0.1, 0.15) is 31.0 Å². The molecule has 2 unspecified atom stereocenters. The first-order valence-corrected chi connectivity index (χ1v) is 21.1. The van der Waals surface area contributed by atoms with E-state index in [1.807, 2.05) is 0 Å². The molecule has 0 amide bonds. The number of ether oxygens (including phenoxy) is 4. The lowest BCUT2D eigenvalue weighted by molar-refractivity contribution is -0.305. The molecule has 0 bridgehead atoms. The van der Waals surface area contributed by atoms with Gasteiger partial charge < -0.3 is 39.4 Å². The maximum atomic E-state index is 12.7. The zero-order chi connectivity index (χ0) is 38.8. The van der Waals surface area contributed by atoms with E-state index in [0.29, 0.717) is 12.8 Å². The number of carbonyl (C=O) groups excluding carboxylic acids is 2. The number of aliphatic hydroxyl groups is 4. The predicted octanol–water partition coefficient (Wildman–Crippen LogP) is 8.33. The van der Waals surface area contributed by atoms with Crippen LogP contribution < -0.4 is 0 Å². The third-order valence-corrected chi connectivity index (χ3v) is 9.50. The first-order chi connectivity index (χ1) is 25.8. The molecule has 1 rings (SSSR count). The molecule has 1 fully saturated rings. The minimum atomic E-state index is -1.60. The molecule has 1 aliphatic rings. The summed E-state index contributed by atoms with van der Waals surface area (Å²) in [6.07, 6.45) is 30.0. The Morgan fingerprint density at radius 2 is 1.06 bits per heavy atom. The summed E-state index contributed by atoms with van der Waals surface area (Å²) in [5, 5.41) is 40.0. The Bertz CT molecular complexity index is 965. The number of allylic oxidation sites excluding steroid dienone is 6. The lowest BCUT2D eigenvalue weighted by atomic mass is 9.99. The van der Waals surface area contributed by atoms with E-state index >= 15 is 0 Å². The van der Waals surface area contributed by atoms with E-state index in [0.717, 1.165) is 77.0 Å². The third-order valence-electron chi connectivity index (χ3n) is 9.50. The highest BCUT2D eigenvalue weighted by atomic mass is 16.7. The van der Waals surface area contributed by atoms with E-state index in [2.05, 4.69) is 50.3 Å². The smallest absolute Gasteiger partial charge is 0.306 e. The monoisotopic (exact) mass is 753 g/mol. The number of hydrogen-bond donors (Lipinski definition) is 4. The Morgan fingerprint density at radius 3 is 1.62 bits per heavy atom. The molecule has 308 valence electrons. The second-order valence-corrected chi connectivity index (χ2v) is 14.4. The Balaban J connectivity index is 2.38. The fourth-order valence-electron chi connectivity index (χ4n) is 6.09. The van der Waals surface area contributed by atoms with Crippen molar-refractivity contribution in [3.8, 4) is 0 Å². The largest absolute Gasteiger partial charge is 0.462 e. The minimum absolute atomic E-state index is 0.216. The predicted molar refractivity (Wildman–Crippen MR) is 210 cm³/mol. The molecule has 53 heavy (non-hydrogen) atoms. The summed E-state index contributed by atoms with van der Waals surface area (Å²) < 4.78 is 22.1. The number of rotatable bonds is 34. The van der Waals surface area contributed by atoms with Gasteiger partial charge in [-0.2, -0.15) is 0 Å². The van der Waals surface area contributed by atoms with Gasteiger partial charge in [-0.05, 0) is 70.6 Å². The van der Waals surface area contributed by atoms with Crippen molar-refractivity contribution in [1.29, 1.82) is 0 Å². The lowest BCUT2D eigenvalue weighted by Gasteiger charge is -2.39. The van der Waals surface area contributed by atoms with Gasteiger partial charge in [0, 0.05) is 12.8 Å². The summed E-state index contributed by atoms with van der Waals surface area (Å²) >= 11 is 0. The summed E-state index contributed by atoms with van der Waals surface area (Å²) in [4.78, 5) is 25.2. The number of carbonyl (C=O) groups is 2. The molecule has 0 spiro atoms. The van der Waals surface area contributed by atoms with Gasteiger partial charge in [0.05, 0.1) is 13.2 Å². The molecule has 0 aromatic carbocycles. The van der Waals surface area contributed by atoms with Crippen molar-refractivity contribution in [2.45, 2.75) is 205 Å². The van der Waals surface area contributed by atoms with E-state index in [4.69, 9.17) is 18.9 Å². The molecular weight excluding hydrogens is 676 g/mol. The zero-order valence-electron chi connectivity index (χ0n) is 33.3. The van der Waals surface area contributed by atoms with Crippen LogP contribution in [0.25, 0.3) is 0 Å². The summed E-state index contributed by atoms with van der Waals surface area (Å²) in [5.41, 5.74) is 0. The van der Waals surface area contributed by atoms with Crippen LogP contribution in [0.1, 0.15) is 168 Å². The second kappa shape index (κ2) is 34.4. The van der Waals surface area contributed by atoms with Crippen LogP contribution in [0.3, 0.4) is 0 Å². The summed E-state index contributed by atoms with van der Waals surface area (Å²) in [7, 11) is 0. The number of aliphatic hydroxyl groups excluding tert-OH is 4. The van der Waals surface area contributed by atoms with Gasteiger partial charge in [0.2, 0.25) is 0 Å². The molecule has 10 nitrogen and oxygen atoms in total. The van der Waals surface area contributed by atoms with Crippen LogP contribution in [-0.4, -0.2) is 89.0 Å². The van der Waals surface area contributed by atoms with Crippen molar-refractivity contribution in [3.05, 3.63) is 36.5 Å². The van der Waals surface area contributed by atoms with Gasteiger partial charge in [-0.25, -0.2) is 0 Å². The van der Waals surface area contributed by atoms with E-state index in [1.54, 1.807) is 0 Å². The van der Waals surface area contributed by atoms with Crippen molar-refractivity contribution in [3.63, 3.8) is 0 Å². The quantitative estimate of drug-likeness (QED) is 0.0287. The topological polar surface area (TPSA) is 152 Å². The highest BCUT2D eigenvalue weighted by Gasteiger charge is 2.44. The maximum absolute atomic E-state index is 12.7. The molecular formula is C43H76O10. The van der Waals surface area contributed by atoms with Crippen molar-refractivity contribution in [2.24, 2.45) is 0 Å². The summed E-state index contributed by atoms with van der Waals surface area (Å²) in [6, 6.07) is 0. The molecule has 1 heterocycles. The summed E-state index contributed by atoms with van der Waals surface area (Å²) in [6.45, 7) is 3.34. The fraction of sp³-hybridized carbons (Fsp3) is 0.814. The Labute approximate surface area is 321 Å². The second-order valence-electron chi connectivity index (χ2n) is 14.4. The maximum Gasteiger partial charge on any atom is 0.306 e. The van der Waals surface area contributed by atoms with Gasteiger partial charge in [-0.3, -0.25) is 9.59 Å². The third kappa shape index (κ3) is 26.4. The fourth-order valence-corrected chi connectivity index (χ4v) is 6.09. The molecule has 0 aliphatic carbocycles. The SMILES string of the molecule is CCCCC/C=C/C/C=C/CCCCCCCC(=O)OC[C@@H](CO[C@H]1O[C@@H](CO)[C@@H](O)C(O)C1O)OC(=O)CCCCCCC/C=C/CCCCCC. The highest BCUT2D eigenvalue weighted by Crippen LogP contribution is 2.22.